The van der Waals surface area contributed by atoms with Gasteiger partial charge in [0.15, 0.2) is 0 Å². The summed E-state index contributed by atoms with van der Waals surface area (Å²) in [4.78, 5) is 14.7. The van der Waals surface area contributed by atoms with Crippen LogP contribution in [0.5, 0.6) is 5.75 Å². The first-order chi connectivity index (χ1) is 11.7. The van der Waals surface area contributed by atoms with E-state index in [1.54, 1.807) is 25.4 Å². The number of benzene rings is 2. The van der Waals surface area contributed by atoms with Gasteiger partial charge in [-0.2, -0.15) is 0 Å². The lowest BCUT2D eigenvalue weighted by molar-refractivity contribution is -0.384. The van der Waals surface area contributed by atoms with Gasteiger partial charge in [-0.25, -0.2) is 0 Å². The fourth-order valence-corrected chi connectivity index (χ4v) is 2.40. The van der Waals surface area contributed by atoms with E-state index in [2.05, 4.69) is 10.3 Å². The smallest absolute Gasteiger partial charge is 0.269 e. The Morgan fingerprint density at radius 2 is 1.83 bits per heavy atom. The van der Waals surface area contributed by atoms with Crippen LogP contribution < -0.4 is 10.1 Å². The summed E-state index contributed by atoms with van der Waals surface area (Å²) in [7, 11) is 1.61. The molecule has 0 radical (unpaired) electrons. The van der Waals surface area contributed by atoms with Crippen LogP contribution in [0.1, 0.15) is 0 Å². The number of pyridine rings is 1. The van der Waals surface area contributed by atoms with Gasteiger partial charge in [0, 0.05) is 24.0 Å². The summed E-state index contributed by atoms with van der Waals surface area (Å²) in [6.07, 6.45) is 1.72. The van der Waals surface area contributed by atoms with Crippen LogP contribution in [0.2, 0.25) is 0 Å². The zero-order chi connectivity index (χ0) is 16.9. The molecular formula is C18H15N3O3. The van der Waals surface area contributed by atoms with Crippen LogP contribution in [0.25, 0.3) is 11.3 Å². The first-order valence-electron chi connectivity index (χ1n) is 7.29. The van der Waals surface area contributed by atoms with Crippen LogP contribution >= 0.6 is 0 Å². The highest BCUT2D eigenvalue weighted by Crippen LogP contribution is 2.37. The number of nitro benzene ring substituents is 1. The van der Waals surface area contributed by atoms with E-state index in [1.165, 1.54) is 12.1 Å². The van der Waals surface area contributed by atoms with E-state index in [0.29, 0.717) is 5.75 Å². The third-order valence-electron chi connectivity index (χ3n) is 3.52. The first kappa shape index (κ1) is 15.5. The van der Waals surface area contributed by atoms with Crippen molar-refractivity contribution in [3.05, 3.63) is 77.0 Å². The molecule has 0 bridgehead atoms. The SMILES string of the molecule is COc1cccc(Nc2ccc([N+](=O)[O-])cc2)c1-c1ccccn1. The summed E-state index contributed by atoms with van der Waals surface area (Å²) in [6, 6.07) is 17.6. The number of methoxy groups -OCH3 is 1. The van der Waals surface area contributed by atoms with E-state index in [4.69, 9.17) is 4.74 Å². The molecule has 0 saturated heterocycles. The molecule has 0 atom stereocenters. The van der Waals surface area contributed by atoms with Gasteiger partial charge in [-0.15, -0.1) is 0 Å². The summed E-state index contributed by atoms with van der Waals surface area (Å²) in [6.45, 7) is 0. The lowest BCUT2D eigenvalue weighted by Gasteiger charge is -2.15. The van der Waals surface area contributed by atoms with E-state index in [1.807, 2.05) is 36.4 Å². The zero-order valence-electron chi connectivity index (χ0n) is 13.0. The van der Waals surface area contributed by atoms with Crippen LogP contribution in [-0.2, 0) is 0 Å². The second kappa shape index (κ2) is 6.78. The van der Waals surface area contributed by atoms with E-state index < -0.39 is 4.92 Å². The number of aromatic nitrogens is 1. The van der Waals surface area contributed by atoms with Crippen molar-refractivity contribution in [3.63, 3.8) is 0 Å². The van der Waals surface area contributed by atoms with Crippen molar-refractivity contribution in [2.24, 2.45) is 0 Å². The van der Waals surface area contributed by atoms with Crippen molar-refractivity contribution >= 4 is 17.1 Å². The molecule has 3 aromatic rings. The standard InChI is InChI=1S/C18H15N3O3/c1-24-17-7-4-6-16(18(17)15-5-2-3-12-19-15)20-13-8-10-14(11-9-13)21(22)23/h2-12,20H,1H3. The van der Waals surface area contributed by atoms with Crippen LogP contribution in [0.3, 0.4) is 0 Å². The molecule has 0 fully saturated rings. The highest BCUT2D eigenvalue weighted by atomic mass is 16.6. The highest BCUT2D eigenvalue weighted by Gasteiger charge is 2.13. The van der Waals surface area contributed by atoms with Crippen molar-refractivity contribution in [2.45, 2.75) is 0 Å². The number of nitrogens with zero attached hydrogens (tertiary/aromatic N) is 2. The second-order valence-electron chi connectivity index (χ2n) is 5.03. The van der Waals surface area contributed by atoms with Gasteiger partial charge in [0.25, 0.3) is 5.69 Å². The average Bonchev–Trinajstić information content (AvgIpc) is 2.62. The van der Waals surface area contributed by atoms with Crippen molar-refractivity contribution in [2.75, 3.05) is 12.4 Å². The maximum absolute atomic E-state index is 10.8. The quantitative estimate of drug-likeness (QED) is 0.556. The Kier molecular flexibility index (Phi) is 4.38. The molecule has 1 N–H and O–H groups in total. The number of rotatable bonds is 5. The molecule has 1 aromatic heterocycles. The number of nitrogens with one attached hydrogen (secondary N) is 1. The largest absolute Gasteiger partial charge is 0.496 e. The maximum Gasteiger partial charge on any atom is 0.269 e. The summed E-state index contributed by atoms with van der Waals surface area (Å²) < 4.78 is 5.46. The molecule has 0 amide bonds. The van der Waals surface area contributed by atoms with Gasteiger partial charge in [0.05, 0.1) is 29.0 Å². The van der Waals surface area contributed by atoms with E-state index in [9.17, 15) is 10.1 Å². The molecule has 24 heavy (non-hydrogen) atoms. The molecule has 0 aliphatic rings. The van der Waals surface area contributed by atoms with Gasteiger partial charge in [0.1, 0.15) is 5.75 Å². The third-order valence-corrected chi connectivity index (χ3v) is 3.52. The van der Waals surface area contributed by atoms with Crippen molar-refractivity contribution in [1.82, 2.24) is 4.98 Å². The number of ether oxygens (including phenoxy) is 1. The fraction of sp³-hybridized carbons (Fsp3) is 0.0556. The van der Waals surface area contributed by atoms with Crippen LogP contribution in [0.4, 0.5) is 17.1 Å². The fourth-order valence-electron chi connectivity index (χ4n) is 2.40. The van der Waals surface area contributed by atoms with E-state index in [0.717, 1.165) is 22.6 Å². The molecular weight excluding hydrogens is 306 g/mol. The molecule has 3 rings (SSSR count). The van der Waals surface area contributed by atoms with Crippen LogP contribution in [0, 0.1) is 10.1 Å². The predicted octanol–water partition coefficient (Wildman–Crippen LogP) is 4.41. The van der Waals surface area contributed by atoms with Gasteiger partial charge < -0.3 is 10.1 Å². The minimum absolute atomic E-state index is 0.0520. The van der Waals surface area contributed by atoms with Gasteiger partial charge in [0.2, 0.25) is 0 Å². The summed E-state index contributed by atoms with van der Waals surface area (Å²) in [5, 5.41) is 14.0. The molecule has 6 heteroatoms. The minimum atomic E-state index is -0.422. The first-order valence-corrected chi connectivity index (χ1v) is 7.29. The maximum atomic E-state index is 10.8. The molecule has 0 aliphatic carbocycles. The van der Waals surface area contributed by atoms with Gasteiger partial charge in [-0.3, -0.25) is 15.1 Å². The molecule has 0 saturated carbocycles. The summed E-state index contributed by atoms with van der Waals surface area (Å²) >= 11 is 0. The van der Waals surface area contributed by atoms with Crippen LogP contribution in [-0.4, -0.2) is 17.0 Å². The van der Waals surface area contributed by atoms with Gasteiger partial charge >= 0.3 is 0 Å². The second-order valence-corrected chi connectivity index (χ2v) is 5.03. The lowest BCUT2D eigenvalue weighted by Crippen LogP contribution is -1.97. The number of non-ortho nitro benzene ring substituents is 1. The van der Waals surface area contributed by atoms with Crippen molar-refractivity contribution < 1.29 is 9.66 Å². The molecule has 120 valence electrons. The summed E-state index contributed by atoms with van der Waals surface area (Å²) in [5.74, 6) is 0.695. The normalized spacial score (nSPS) is 10.2. The van der Waals surface area contributed by atoms with Crippen molar-refractivity contribution in [3.8, 4) is 17.0 Å². The number of hydrogen-bond acceptors (Lipinski definition) is 5. The van der Waals surface area contributed by atoms with Crippen LogP contribution in [0.15, 0.2) is 66.9 Å². The molecule has 0 aliphatic heterocycles. The number of anilines is 2. The Bertz CT molecular complexity index is 849. The summed E-state index contributed by atoms with van der Waals surface area (Å²) in [5.41, 5.74) is 3.21. The Labute approximate surface area is 138 Å². The zero-order valence-corrected chi connectivity index (χ0v) is 13.0. The Balaban J connectivity index is 2.00. The monoisotopic (exact) mass is 321 g/mol. The lowest BCUT2D eigenvalue weighted by atomic mass is 10.1. The van der Waals surface area contributed by atoms with E-state index in [-0.39, 0.29) is 5.69 Å². The number of nitro groups is 1. The Hall–Kier alpha value is -3.41. The Morgan fingerprint density at radius 3 is 2.46 bits per heavy atom. The molecule has 1 heterocycles. The highest BCUT2D eigenvalue weighted by molar-refractivity contribution is 5.84. The molecule has 6 nitrogen and oxygen atoms in total. The topological polar surface area (TPSA) is 77.3 Å². The Morgan fingerprint density at radius 1 is 1.04 bits per heavy atom. The molecule has 0 spiro atoms. The molecule has 0 unspecified atom stereocenters. The van der Waals surface area contributed by atoms with Gasteiger partial charge in [-0.05, 0) is 36.4 Å². The minimum Gasteiger partial charge on any atom is -0.496 e. The average molecular weight is 321 g/mol. The number of hydrogen-bond donors (Lipinski definition) is 1. The molecule has 2 aromatic carbocycles. The van der Waals surface area contributed by atoms with Gasteiger partial charge in [-0.1, -0.05) is 12.1 Å². The third kappa shape index (κ3) is 3.17. The van der Waals surface area contributed by atoms with Crippen molar-refractivity contribution in [1.29, 1.82) is 0 Å². The van der Waals surface area contributed by atoms with E-state index >= 15 is 0 Å². The predicted molar refractivity (Wildman–Crippen MR) is 92.6 cm³/mol.